The number of anilines is 1. The van der Waals surface area contributed by atoms with Crippen LogP contribution in [-0.4, -0.2) is 57.8 Å². The highest BCUT2D eigenvalue weighted by molar-refractivity contribution is 8.15. The van der Waals surface area contributed by atoms with Crippen LogP contribution in [0.25, 0.3) is 11.3 Å². The maximum atomic E-state index is 12.2. The number of nitrogens with one attached hydrogen (secondary N) is 1. The summed E-state index contributed by atoms with van der Waals surface area (Å²) in [7, 11) is 1.76. The maximum Gasteiger partial charge on any atom is 0.325 e. The predicted molar refractivity (Wildman–Crippen MR) is 131 cm³/mol. The molecule has 1 aliphatic rings. The molecule has 1 aliphatic heterocycles. The molecule has 33 heavy (non-hydrogen) atoms. The molecule has 2 aromatic rings. The normalized spacial score (nSPS) is 12.4. The summed E-state index contributed by atoms with van der Waals surface area (Å²) < 4.78 is 5.02. The number of fused-ring (bicyclic) bond motifs is 1. The van der Waals surface area contributed by atoms with Gasteiger partial charge < -0.3 is 15.0 Å². The van der Waals surface area contributed by atoms with E-state index in [1.807, 2.05) is 6.07 Å². The van der Waals surface area contributed by atoms with E-state index < -0.39 is 5.97 Å². The Hall–Kier alpha value is -2.77. The van der Waals surface area contributed by atoms with Gasteiger partial charge in [-0.25, -0.2) is 9.97 Å². The number of unbranched alkanes of at least 4 members (excludes halogenated alkanes) is 1. The highest BCUT2D eigenvalue weighted by Gasteiger charge is 2.25. The van der Waals surface area contributed by atoms with Gasteiger partial charge in [0.15, 0.2) is 11.5 Å². The van der Waals surface area contributed by atoms with Crippen LogP contribution in [0, 0.1) is 11.3 Å². The fourth-order valence-corrected chi connectivity index (χ4v) is 5.43. The molecule has 10 heteroatoms. The topological polar surface area (TPSA) is 108 Å². The molecule has 1 N–H and O–H groups in total. The molecule has 0 saturated heterocycles. The Balaban J connectivity index is 1.94. The number of nitrogens with zero attached hydrogens (tertiary/aromatic N) is 4. The zero-order valence-corrected chi connectivity index (χ0v) is 20.6. The number of rotatable bonds is 11. The first-order valence-electron chi connectivity index (χ1n) is 10.8. The maximum absolute atomic E-state index is 12.2. The molecule has 0 bridgehead atoms. The summed E-state index contributed by atoms with van der Waals surface area (Å²) in [4.78, 5) is 35.1. The first kappa shape index (κ1) is 24.9. The number of carbonyl (C=O) groups is 2. The van der Waals surface area contributed by atoms with Crippen molar-refractivity contribution in [1.82, 2.24) is 14.9 Å². The summed E-state index contributed by atoms with van der Waals surface area (Å²) in [6.07, 6.45) is 2.28. The summed E-state index contributed by atoms with van der Waals surface area (Å²) in [5, 5.41) is 14.0. The van der Waals surface area contributed by atoms with E-state index in [1.54, 1.807) is 42.8 Å². The molecule has 0 atom stereocenters. The van der Waals surface area contributed by atoms with Crippen molar-refractivity contribution in [2.24, 2.45) is 0 Å². The Morgan fingerprint density at radius 2 is 2.15 bits per heavy atom. The molecule has 3 rings (SSSR count). The van der Waals surface area contributed by atoms with Crippen molar-refractivity contribution in [2.45, 2.75) is 38.3 Å². The Bertz CT molecular complexity index is 1070. The van der Waals surface area contributed by atoms with Crippen LogP contribution in [0.1, 0.15) is 48.3 Å². The minimum atomic E-state index is -0.403. The lowest BCUT2D eigenvalue weighted by Crippen LogP contribution is -2.18. The smallest absolute Gasteiger partial charge is 0.325 e. The Morgan fingerprint density at radius 1 is 1.33 bits per heavy atom. The Morgan fingerprint density at radius 3 is 2.88 bits per heavy atom. The number of hydrogen-bond acceptors (Lipinski definition) is 9. The SMILES string of the molecule is CCCCSCSc1nc(NCC(=O)OCC)c(-c2ccc3c(c2)CN(C)C3=O)nc1C#N. The van der Waals surface area contributed by atoms with Gasteiger partial charge in [-0.15, -0.1) is 0 Å². The van der Waals surface area contributed by atoms with Gasteiger partial charge in [0.25, 0.3) is 5.91 Å². The quantitative estimate of drug-likeness (QED) is 0.217. The van der Waals surface area contributed by atoms with Crippen molar-refractivity contribution in [3.63, 3.8) is 0 Å². The molecule has 1 aromatic heterocycles. The summed E-state index contributed by atoms with van der Waals surface area (Å²) in [6, 6.07) is 7.61. The van der Waals surface area contributed by atoms with E-state index in [2.05, 4.69) is 28.3 Å². The van der Waals surface area contributed by atoms with E-state index in [4.69, 9.17) is 4.74 Å². The molecule has 8 nitrogen and oxygen atoms in total. The van der Waals surface area contributed by atoms with Crippen LogP contribution in [0.5, 0.6) is 0 Å². The second-order valence-corrected chi connectivity index (χ2v) is 9.84. The van der Waals surface area contributed by atoms with Crippen LogP contribution >= 0.6 is 23.5 Å². The first-order chi connectivity index (χ1) is 16.0. The highest BCUT2D eigenvalue weighted by atomic mass is 32.2. The molecule has 0 spiro atoms. The number of ether oxygens (including phenoxy) is 1. The summed E-state index contributed by atoms with van der Waals surface area (Å²) in [5.74, 6) is 1.03. The zero-order valence-electron chi connectivity index (χ0n) is 19.0. The Kier molecular flexibility index (Phi) is 8.97. The number of thioether (sulfide) groups is 2. The summed E-state index contributed by atoms with van der Waals surface area (Å²) in [6.45, 7) is 4.63. The molecule has 1 aromatic carbocycles. The van der Waals surface area contributed by atoms with Crippen LogP contribution in [0.4, 0.5) is 5.82 Å². The lowest BCUT2D eigenvalue weighted by molar-refractivity contribution is -0.140. The monoisotopic (exact) mass is 485 g/mol. The van der Waals surface area contributed by atoms with E-state index in [1.165, 1.54) is 11.8 Å². The third kappa shape index (κ3) is 6.18. The number of aromatic nitrogens is 2. The van der Waals surface area contributed by atoms with E-state index in [9.17, 15) is 14.9 Å². The van der Waals surface area contributed by atoms with Crippen LogP contribution in [0.3, 0.4) is 0 Å². The minimum absolute atomic E-state index is 0.0201. The second kappa shape index (κ2) is 11.9. The lowest BCUT2D eigenvalue weighted by atomic mass is 10.0. The molecular formula is C23H27N5O3S2. The Labute approximate surface area is 202 Å². The molecule has 0 fully saturated rings. The zero-order chi connectivity index (χ0) is 23.8. The number of amides is 1. The average Bonchev–Trinajstić information content (AvgIpc) is 3.10. The van der Waals surface area contributed by atoms with Crippen molar-refractivity contribution < 1.29 is 14.3 Å². The molecule has 174 valence electrons. The van der Waals surface area contributed by atoms with E-state index in [-0.39, 0.29) is 24.8 Å². The van der Waals surface area contributed by atoms with Gasteiger partial charge in [-0.1, -0.05) is 31.2 Å². The van der Waals surface area contributed by atoms with Gasteiger partial charge in [-0.05, 0) is 36.8 Å². The molecule has 0 aliphatic carbocycles. The third-order valence-corrected chi connectivity index (χ3v) is 7.23. The largest absolute Gasteiger partial charge is 0.465 e. The number of benzene rings is 1. The number of hydrogen-bond donors (Lipinski definition) is 1. The number of nitriles is 1. The standard InChI is InChI=1S/C23H27N5O3S2/c1-4-6-9-32-14-33-22-18(11-24)26-20(21(27-22)25-12-19(29)31-5-2)15-7-8-17-16(10-15)13-28(3)23(17)30/h7-8,10H,4-6,9,12-14H2,1-3H3,(H,25,27). The second-order valence-electron chi connectivity index (χ2n) is 7.40. The average molecular weight is 486 g/mol. The third-order valence-electron chi connectivity index (χ3n) is 4.96. The van der Waals surface area contributed by atoms with Crippen molar-refractivity contribution in [2.75, 3.05) is 36.4 Å². The van der Waals surface area contributed by atoms with Crippen molar-refractivity contribution in [1.29, 1.82) is 5.26 Å². The lowest BCUT2D eigenvalue weighted by Gasteiger charge is -2.14. The molecule has 0 radical (unpaired) electrons. The fourth-order valence-electron chi connectivity index (χ4n) is 3.30. The molecule has 2 heterocycles. The van der Waals surface area contributed by atoms with Crippen LogP contribution in [-0.2, 0) is 16.1 Å². The van der Waals surface area contributed by atoms with Crippen LogP contribution in [0.2, 0.25) is 0 Å². The predicted octanol–water partition coefficient (Wildman–Crippen LogP) is 4.16. The number of carbonyl (C=O) groups excluding carboxylic acids is 2. The highest BCUT2D eigenvalue weighted by Crippen LogP contribution is 2.33. The van der Waals surface area contributed by atoms with Gasteiger partial charge in [-0.3, -0.25) is 9.59 Å². The van der Waals surface area contributed by atoms with Crippen molar-refractivity contribution in [3.05, 3.63) is 35.0 Å². The van der Waals surface area contributed by atoms with Gasteiger partial charge in [0.2, 0.25) is 0 Å². The van der Waals surface area contributed by atoms with Gasteiger partial charge in [-0.2, -0.15) is 17.0 Å². The number of esters is 1. The van der Waals surface area contributed by atoms with Crippen molar-refractivity contribution in [3.8, 4) is 17.3 Å². The fraction of sp³-hybridized carbons (Fsp3) is 0.435. The van der Waals surface area contributed by atoms with Gasteiger partial charge in [0.1, 0.15) is 23.3 Å². The molecule has 0 saturated carbocycles. The minimum Gasteiger partial charge on any atom is -0.465 e. The molecule has 0 unspecified atom stereocenters. The van der Waals surface area contributed by atoms with Gasteiger partial charge in [0.05, 0.1) is 6.61 Å². The van der Waals surface area contributed by atoms with Gasteiger partial charge in [0, 0.05) is 29.8 Å². The molecular weight excluding hydrogens is 458 g/mol. The summed E-state index contributed by atoms with van der Waals surface area (Å²) >= 11 is 3.26. The molecule has 1 amide bonds. The van der Waals surface area contributed by atoms with E-state index >= 15 is 0 Å². The van der Waals surface area contributed by atoms with Crippen LogP contribution in [0.15, 0.2) is 23.2 Å². The summed E-state index contributed by atoms with van der Waals surface area (Å²) in [5.41, 5.74) is 2.97. The first-order valence-corrected chi connectivity index (χ1v) is 12.9. The van der Waals surface area contributed by atoms with E-state index in [0.29, 0.717) is 28.6 Å². The van der Waals surface area contributed by atoms with Gasteiger partial charge >= 0.3 is 5.97 Å². The van der Waals surface area contributed by atoms with E-state index in [0.717, 1.165) is 34.8 Å². The van der Waals surface area contributed by atoms with Crippen molar-refractivity contribution >= 4 is 41.2 Å². The van der Waals surface area contributed by atoms with Crippen LogP contribution < -0.4 is 5.32 Å².